The Bertz CT molecular complexity index is 739. The van der Waals surface area contributed by atoms with E-state index in [1.165, 1.54) is 19.2 Å². The molecule has 2 rings (SSSR count). The zero-order valence-electron chi connectivity index (χ0n) is 10.6. The molecule has 0 amide bonds. The molecule has 1 aromatic carbocycles. The molecule has 4 nitrogen and oxygen atoms in total. The first kappa shape index (κ1) is 15.5. The van der Waals surface area contributed by atoms with Crippen LogP contribution in [0, 0.1) is 11.6 Å². The predicted molar refractivity (Wildman–Crippen MR) is 76.0 cm³/mol. The number of anilines is 1. The van der Waals surface area contributed by atoms with Crippen LogP contribution in [0.25, 0.3) is 11.3 Å². The summed E-state index contributed by atoms with van der Waals surface area (Å²) < 4.78 is 33.2. The number of halogens is 4. The molecule has 2 aromatic rings. The van der Waals surface area contributed by atoms with E-state index in [4.69, 9.17) is 33.7 Å². The SMILES string of the molecule is COc1c(Cl)ccc(-c2nc(C=O)c(Cl)c(N)c2F)c1F. The Morgan fingerprint density at radius 3 is 2.52 bits per heavy atom. The van der Waals surface area contributed by atoms with Gasteiger partial charge >= 0.3 is 0 Å². The number of aromatic nitrogens is 1. The fourth-order valence-corrected chi connectivity index (χ4v) is 2.13. The van der Waals surface area contributed by atoms with E-state index in [2.05, 4.69) is 4.98 Å². The van der Waals surface area contributed by atoms with Crippen molar-refractivity contribution < 1.29 is 18.3 Å². The summed E-state index contributed by atoms with van der Waals surface area (Å²) in [6.07, 6.45) is 0.298. The average molecular weight is 333 g/mol. The molecule has 1 heterocycles. The van der Waals surface area contributed by atoms with Gasteiger partial charge in [0.2, 0.25) is 0 Å². The van der Waals surface area contributed by atoms with Crippen LogP contribution in [0.15, 0.2) is 12.1 Å². The molecule has 1 aromatic heterocycles. The molecule has 0 unspecified atom stereocenters. The molecule has 0 bridgehead atoms. The number of nitrogens with two attached hydrogens (primary N) is 1. The van der Waals surface area contributed by atoms with Gasteiger partial charge in [-0.1, -0.05) is 23.2 Å². The Balaban J connectivity index is 2.79. The largest absolute Gasteiger partial charge is 0.492 e. The molecule has 0 fully saturated rings. The summed E-state index contributed by atoms with van der Waals surface area (Å²) in [5, 5.41) is -0.315. The number of nitrogen functional groups attached to an aromatic ring is 1. The number of aldehydes is 1. The molecule has 0 atom stereocenters. The van der Waals surface area contributed by atoms with Gasteiger partial charge in [-0.2, -0.15) is 0 Å². The van der Waals surface area contributed by atoms with Gasteiger partial charge in [0.15, 0.2) is 23.7 Å². The van der Waals surface area contributed by atoms with Crippen molar-refractivity contribution in [2.45, 2.75) is 0 Å². The van der Waals surface area contributed by atoms with Crippen molar-refractivity contribution in [1.29, 1.82) is 0 Å². The molecule has 0 saturated heterocycles. The van der Waals surface area contributed by atoms with E-state index >= 15 is 0 Å². The highest BCUT2D eigenvalue weighted by Gasteiger charge is 2.22. The van der Waals surface area contributed by atoms with E-state index in [0.29, 0.717) is 6.29 Å². The number of ether oxygens (including phenoxy) is 1. The van der Waals surface area contributed by atoms with Crippen LogP contribution >= 0.6 is 23.2 Å². The Morgan fingerprint density at radius 2 is 1.95 bits per heavy atom. The molecule has 2 N–H and O–H groups in total. The van der Waals surface area contributed by atoms with E-state index in [-0.39, 0.29) is 27.1 Å². The third-order valence-electron chi connectivity index (χ3n) is 2.76. The van der Waals surface area contributed by atoms with Crippen LogP contribution in [0.2, 0.25) is 10.0 Å². The second-order valence-corrected chi connectivity index (χ2v) is 4.73. The van der Waals surface area contributed by atoms with Crippen LogP contribution in [-0.4, -0.2) is 18.4 Å². The van der Waals surface area contributed by atoms with Crippen molar-refractivity contribution in [2.24, 2.45) is 0 Å². The van der Waals surface area contributed by atoms with Gasteiger partial charge in [0.05, 0.1) is 22.8 Å². The van der Waals surface area contributed by atoms with Crippen LogP contribution in [0.3, 0.4) is 0 Å². The van der Waals surface area contributed by atoms with Gasteiger partial charge in [0, 0.05) is 5.56 Å². The molecule has 0 spiro atoms. The second kappa shape index (κ2) is 5.83. The van der Waals surface area contributed by atoms with Gasteiger partial charge < -0.3 is 10.5 Å². The van der Waals surface area contributed by atoms with Gasteiger partial charge in [0.1, 0.15) is 11.4 Å². The lowest BCUT2D eigenvalue weighted by atomic mass is 10.1. The number of hydrogen-bond donors (Lipinski definition) is 1. The van der Waals surface area contributed by atoms with Crippen molar-refractivity contribution in [2.75, 3.05) is 12.8 Å². The third kappa shape index (κ3) is 2.52. The first-order valence-corrected chi connectivity index (χ1v) is 6.30. The summed E-state index contributed by atoms with van der Waals surface area (Å²) in [6.45, 7) is 0. The Hall–Kier alpha value is -1.92. The minimum atomic E-state index is -1.03. The molecule has 8 heteroatoms. The number of carbonyl (C=O) groups is 1. The Labute approximate surface area is 128 Å². The zero-order chi connectivity index (χ0) is 15.7. The lowest BCUT2D eigenvalue weighted by Gasteiger charge is -2.12. The molecule has 0 aliphatic rings. The van der Waals surface area contributed by atoms with Crippen LogP contribution in [0.1, 0.15) is 10.5 Å². The summed E-state index contributed by atoms with van der Waals surface area (Å²) in [6, 6.07) is 2.51. The van der Waals surface area contributed by atoms with Gasteiger partial charge in [-0.25, -0.2) is 13.8 Å². The standard InChI is InChI=1S/C13H8Cl2F2N2O2/c1-21-13-6(14)3-2-5(9(13)16)12-10(17)11(18)8(15)7(4-20)19-12/h2-4H,1H3,(H2,18,19). The lowest BCUT2D eigenvalue weighted by molar-refractivity contribution is 0.111. The monoisotopic (exact) mass is 332 g/mol. The summed E-state index contributed by atoms with van der Waals surface area (Å²) in [5.74, 6) is -2.22. The van der Waals surface area contributed by atoms with Crippen molar-refractivity contribution in [3.05, 3.63) is 39.5 Å². The van der Waals surface area contributed by atoms with Gasteiger partial charge in [0.25, 0.3) is 0 Å². The summed E-state index contributed by atoms with van der Waals surface area (Å²) in [5.41, 5.74) is 3.98. The quantitative estimate of drug-likeness (QED) is 0.869. The number of hydrogen-bond acceptors (Lipinski definition) is 4. The van der Waals surface area contributed by atoms with Crippen LogP contribution in [0.5, 0.6) is 5.75 Å². The maximum absolute atomic E-state index is 14.3. The minimum Gasteiger partial charge on any atom is -0.492 e. The highest BCUT2D eigenvalue weighted by Crippen LogP contribution is 2.37. The highest BCUT2D eigenvalue weighted by atomic mass is 35.5. The number of pyridine rings is 1. The highest BCUT2D eigenvalue weighted by molar-refractivity contribution is 6.35. The van der Waals surface area contributed by atoms with Crippen molar-refractivity contribution >= 4 is 35.2 Å². The first-order chi connectivity index (χ1) is 9.92. The van der Waals surface area contributed by atoms with Crippen molar-refractivity contribution in [3.8, 4) is 17.0 Å². The first-order valence-electron chi connectivity index (χ1n) is 5.54. The summed E-state index contributed by atoms with van der Waals surface area (Å²) >= 11 is 11.4. The molecule has 21 heavy (non-hydrogen) atoms. The molecule has 0 radical (unpaired) electrons. The number of methoxy groups -OCH3 is 1. The van der Waals surface area contributed by atoms with Crippen LogP contribution < -0.4 is 10.5 Å². The average Bonchev–Trinajstić information content (AvgIpc) is 2.47. The topological polar surface area (TPSA) is 65.2 Å². The number of carbonyl (C=O) groups excluding carboxylic acids is 1. The normalized spacial score (nSPS) is 10.5. The number of benzene rings is 1. The predicted octanol–water partition coefficient (Wildman–Crippen LogP) is 3.74. The van der Waals surface area contributed by atoms with E-state index in [0.717, 1.165) is 0 Å². The molecule has 110 valence electrons. The van der Waals surface area contributed by atoms with Crippen molar-refractivity contribution in [3.63, 3.8) is 0 Å². The molecule has 0 saturated carbocycles. The third-order valence-corrected chi connectivity index (χ3v) is 3.45. The van der Waals surface area contributed by atoms with E-state index in [9.17, 15) is 13.6 Å². The van der Waals surface area contributed by atoms with Crippen molar-refractivity contribution in [1.82, 2.24) is 4.98 Å². The lowest BCUT2D eigenvalue weighted by Crippen LogP contribution is -2.04. The van der Waals surface area contributed by atoms with Gasteiger partial charge in [-0.05, 0) is 12.1 Å². The van der Waals surface area contributed by atoms with Gasteiger partial charge in [-0.3, -0.25) is 4.79 Å². The van der Waals surface area contributed by atoms with E-state index < -0.39 is 23.0 Å². The fraction of sp³-hybridized carbons (Fsp3) is 0.0769. The molecular formula is C13H8Cl2F2N2O2. The Kier molecular flexibility index (Phi) is 4.29. The van der Waals surface area contributed by atoms with Crippen LogP contribution in [-0.2, 0) is 0 Å². The summed E-state index contributed by atoms with van der Waals surface area (Å²) in [4.78, 5) is 14.6. The number of rotatable bonds is 3. The minimum absolute atomic E-state index is 0.0108. The molecular weight excluding hydrogens is 325 g/mol. The summed E-state index contributed by atoms with van der Waals surface area (Å²) in [7, 11) is 1.21. The smallest absolute Gasteiger partial charge is 0.176 e. The maximum atomic E-state index is 14.3. The van der Waals surface area contributed by atoms with E-state index in [1.54, 1.807) is 0 Å². The number of nitrogens with zero attached hydrogens (tertiary/aromatic N) is 1. The molecule has 0 aliphatic carbocycles. The fourth-order valence-electron chi connectivity index (χ4n) is 1.74. The Morgan fingerprint density at radius 1 is 1.29 bits per heavy atom. The zero-order valence-corrected chi connectivity index (χ0v) is 12.1. The van der Waals surface area contributed by atoms with E-state index in [1.807, 2.05) is 0 Å². The van der Waals surface area contributed by atoms with Crippen LogP contribution in [0.4, 0.5) is 14.5 Å². The maximum Gasteiger partial charge on any atom is 0.176 e. The van der Waals surface area contributed by atoms with Gasteiger partial charge in [-0.15, -0.1) is 0 Å². The second-order valence-electron chi connectivity index (χ2n) is 3.95. The molecule has 0 aliphatic heterocycles.